The molecule has 28 heavy (non-hydrogen) atoms. The second-order valence-corrected chi connectivity index (χ2v) is 7.00. The lowest BCUT2D eigenvalue weighted by atomic mass is 10.2. The van der Waals surface area contributed by atoms with Crippen LogP contribution in [-0.2, 0) is 6.54 Å². The van der Waals surface area contributed by atoms with Crippen LogP contribution in [0.25, 0.3) is 21.5 Å². The van der Waals surface area contributed by atoms with Crippen LogP contribution < -0.4 is 15.0 Å². The molecule has 0 radical (unpaired) electrons. The normalized spacial score (nSPS) is 10.9. The van der Waals surface area contributed by atoms with E-state index in [9.17, 15) is 4.79 Å². The Labute approximate surface area is 166 Å². The first-order chi connectivity index (χ1) is 13.7. The van der Waals surface area contributed by atoms with Crippen LogP contribution >= 0.6 is 11.3 Å². The number of rotatable bonds is 6. The van der Waals surface area contributed by atoms with Gasteiger partial charge in [-0.3, -0.25) is 9.36 Å². The van der Waals surface area contributed by atoms with E-state index in [-0.39, 0.29) is 5.56 Å². The summed E-state index contributed by atoms with van der Waals surface area (Å²) in [6.45, 7) is 2.89. The molecule has 2 aromatic heterocycles. The molecule has 0 saturated heterocycles. The van der Waals surface area contributed by atoms with Crippen molar-refractivity contribution in [2.24, 2.45) is 0 Å². The number of ether oxygens (including phenoxy) is 2. The summed E-state index contributed by atoms with van der Waals surface area (Å²) in [5.41, 5.74) is 2.39. The zero-order valence-electron chi connectivity index (χ0n) is 15.6. The minimum Gasteiger partial charge on any atom is -0.493 e. The molecule has 0 saturated carbocycles. The van der Waals surface area contributed by atoms with E-state index >= 15 is 0 Å². The summed E-state index contributed by atoms with van der Waals surface area (Å²) >= 11 is 1.53. The number of nitrogens with zero attached hydrogens (tertiary/aromatic N) is 3. The van der Waals surface area contributed by atoms with Crippen LogP contribution in [0.15, 0.2) is 59.0 Å². The Morgan fingerprint density at radius 2 is 2.00 bits per heavy atom. The topological polar surface area (TPSA) is 66.2 Å². The van der Waals surface area contributed by atoms with Gasteiger partial charge in [0.15, 0.2) is 11.5 Å². The highest BCUT2D eigenvalue weighted by Crippen LogP contribution is 2.33. The molecule has 0 spiro atoms. The lowest BCUT2D eigenvalue weighted by Gasteiger charge is -2.10. The number of hydrogen-bond acceptors (Lipinski definition) is 6. The summed E-state index contributed by atoms with van der Waals surface area (Å²) in [6, 6.07) is 13.1. The SMILES string of the molecule is CCOc1ccc(-c2nc(Cn3cnc4ccccc4c3=O)cs2)cc1OC. The molecule has 0 aliphatic heterocycles. The Hall–Kier alpha value is -3.19. The first-order valence-electron chi connectivity index (χ1n) is 8.89. The van der Waals surface area contributed by atoms with Crippen molar-refractivity contribution >= 4 is 22.2 Å². The van der Waals surface area contributed by atoms with Crippen molar-refractivity contribution in [3.63, 3.8) is 0 Å². The van der Waals surface area contributed by atoms with Crippen molar-refractivity contribution in [3.8, 4) is 22.1 Å². The summed E-state index contributed by atoms with van der Waals surface area (Å²) in [4.78, 5) is 21.7. The van der Waals surface area contributed by atoms with E-state index in [2.05, 4.69) is 9.97 Å². The van der Waals surface area contributed by atoms with Gasteiger partial charge < -0.3 is 9.47 Å². The second kappa shape index (κ2) is 7.82. The molecule has 0 fully saturated rings. The second-order valence-electron chi connectivity index (χ2n) is 6.14. The van der Waals surface area contributed by atoms with Gasteiger partial charge in [0, 0.05) is 10.9 Å². The number of hydrogen-bond donors (Lipinski definition) is 0. The summed E-state index contributed by atoms with van der Waals surface area (Å²) in [6.07, 6.45) is 1.57. The van der Waals surface area contributed by atoms with Crippen molar-refractivity contribution in [2.75, 3.05) is 13.7 Å². The fourth-order valence-electron chi connectivity index (χ4n) is 2.98. The van der Waals surface area contributed by atoms with Gasteiger partial charge in [-0.25, -0.2) is 9.97 Å². The van der Waals surface area contributed by atoms with Gasteiger partial charge in [0.05, 0.1) is 43.2 Å². The van der Waals surface area contributed by atoms with Crippen LogP contribution in [0.3, 0.4) is 0 Å². The quantitative estimate of drug-likeness (QED) is 0.496. The molecule has 7 heteroatoms. The Bertz CT molecular complexity index is 1180. The Kier molecular flexibility index (Phi) is 5.08. The van der Waals surface area contributed by atoms with E-state index in [4.69, 9.17) is 9.47 Å². The molecule has 6 nitrogen and oxygen atoms in total. The number of methoxy groups -OCH3 is 1. The molecule has 0 bridgehead atoms. The smallest absolute Gasteiger partial charge is 0.261 e. The fourth-order valence-corrected chi connectivity index (χ4v) is 3.79. The summed E-state index contributed by atoms with van der Waals surface area (Å²) in [5, 5.41) is 3.43. The van der Waals surface area contributed by atoms with Gasteiger partial charge in [-0.2, -0.15) is 0 Å². The van der Waals surface area contributed by atoms with Crippen molar-refractivity contribution < 1.29 is 9.47 Å². The average Bonchev–Trinajstić information content (AvgIpc) is 3.19. The van der Waals surface area contributed by atoms with Crippen LogP contribution in [0.4, 0.5) is 0 Å². The Morgan fingerprint density at radius 3 is 2.82 bits per heavy atom. The van der Waals surface area contributed by atoms with Crippen LogP contribution in [0.1, 0.15) is 12.6 Å². The van der Waals surface area contributed by atoms with Gasteiger partial charge in [0.25, 0.3) is 5.56 Å². The van der Waals surface area contributed by atoms with Crippen molar-refractivity contribution in [3.05, 3.63) is 70.2 Å². The first kappa shape index (κ1) is 18.2. The van der Waals surface area contributed by atoms with Crippen LogP contribution in [0.5, 0.6) is 11.5 Å². The molecule has 0 unspecified atom stereocenters. The van der Waals surface area contributed by atoms with Crippen molar-refractivity contribution in [1.82, 2.24) is 14.5 Å². The maximum Gasteiger partial charge on any atom is 0.261 e. The third-order valence-electron chi connectivity index (χ3n) is 4.33. The lowest BCUT2D eigenvalue weighted by Crippen LogP contribution is -2.21. The van der Waals surface area contributed by atoms with Crippen LogP contribution in [-0.4, -0.2) is 28.3 Å². The van der Waals surface area contributed by atoms with Gasteiger partial charge in [-0.15, -0.1) is 11.3 Å². The number of para-hydroxylation sites is 1. The maximum atomic E-state index is 12.7. The van der Waals surface area contributed by atoms with E-state index in [1.807, 2.05) is 48.7 Å². The summed E-state index contributed by atoms with van der Waals surface area (Å²) in [5.74, 6) is 1.38. The molecule has 4 aromatic rings. The lowest BCUT2D eigenvalue weighted by molar-refractivity contribution is 0.311. The van der Waals surface area contributed by atoms with Crippen LogP contribution in [0.2, 0.25) is 0 Å². The van der Waals surface area contributed by atoms with Crippen molar-refractivity contribution in [1.29, 1.82) is 0 Å². The highest BCUT2D eigenvalue weighted by molar-refractivity contribution is 7.13. The predicted octanol–water partition coefficient (Wildman–Crippen LogP) is 3.98. The molecule has 0 aliphatic carbocycles. The zero-order chi connectivity index (χ0) is 19.5. The molecule has 0 aliphatic rings. The third kappa shape index (κ3) is 3.48. The monoisotopic (exact) mass is 393 g/mol. The van der Waals surface area contributed by atoms with Gasteiger partial charge in [-0.05, 0) is 37.3 Å². The number of aromatic nitrogens is 3. The maximum absolute atomic E-state index is 12.7. The molecule has 0 N–H and O–H groups in total. The van der Waals surface area contributed by atoms with Gasteiger partial charge in [0.2, 0.25) is 0 Å². The first-order valence-corrected chi connectivity index (χ1v) is 9.77. The standard InChI is InChI=1S/C21H19N3O3S/c1-3-27-18-9-8-14(10-19(18)26-2)20-23-15(12-28-20)11-24-13-22-17-7-5-4-6-16(17)21(24)25/h4-10,12-13H,3,11H2,1-2H3. The van der Waals surface area contributed by atoms with E-state index in [1.54, 1.807) is 24.1 Å². The zero-order valence-corrected chi connectivity index (χ0v) is 16.4. The van der Waals surface area contributed by atoms with Crippen molar-refractivity contribution in [2.45, 2.75) is 13.5 Å². The molecule has 2 aromatic carbocycles. The highest BCUT2D eigenvalue weighted by atomic mass is 32.1. The van der Waals surface area contributed by atoms with E-state index in [0.29, 0.717) is 35.6 Å². The van der Waals surface area contributed by atoms with Gasteiger partial charge in [0.1, 0.15) is 5.01 Å². The molecule has 142 valence electrons. The van der Waals surface area contributed by atoms with E-state index in [1.165, 1.54) is 11.3 Å². The fraction of sp³-hybridized carbons (Fsp3) is 0.190. The molecule has 0 amide bonds. The number of benzene rings is 2. The third-order valence-corrected chi connectivity index (χ3v) is 5.27. The molecule has 2 heterocycles. The van der Waals surface area contributed by atoms with E-state index in [0.717, 1.165) is 16.3 Å². The molecular formula is C21H19N3O3S. The average molecular weight is 393 g/mol. The summed E-state index contributed by atoms with van der Waals surface area (Å²) < 4.78 is 12.6. The molecular weight excluding hydrogens is 374 g/mol. The largest absolute Gasteiger partial charge is 0.493 e. The van der Waals surface area contributed by atoms with Gasteiger partial charge >= 0.3 is 0 Å². The highest BCUT2D eigenvalue weighted by Gasteiger charge is 2.11. The number of thiazole rings is 1. The molecule has 4 rings (SSSR count). The van der Waals surface area contributed by atoms with E-state index < -0.39 is 0 Å². The number of fused-ring (bicyclic) bond motifs is 1. The summed E-state index contributed by atoms with van der Waals surface area (Å²) in [7, 11) is 1.62. The van der Waals surface area contributed by atoms with Gasteiger partial charge in [-0.1, -0.05) is 12.1 Å². The van der Waals surface area contributed by atoms with Crippen LogP contribution in [0, 0.1) is 0 Å². The minimum absolute atomic E-state index is 0.0668. The minimum atomic E-state index is -0.0668. The Morgan fingerprint density at radius 1 is 1.14 bits per heavy atom. The Balaban J connectivity index is 1.62. The molecule has 0 atom stereocenters. The predicted molar refractivity (Wildman–Crippen MR) is 110 cm³/mol.